The first-order chi connectivity index (χ1) is 20.5. The SMILES string of the molecule is C#C.CC.CCc1cccc(CC)c1-c1cc(C)c(CN(C)[C@H]2CCCc3ccccc32)c(N2CCCC2)n1.O=CO. The fraction of sp³-hybridized carbons (Fsp3) is 0.459. The van der Waals surface area contributed by atoms with E-state index in [1.807, 2.05) is 13.8 Å². The summed E-state index contributed by atoms with van der Waals surface area (Å²) in [7, 11) is 2.31. The first-order valence-electron chi connectivity index (χ1n) is 15.6. The highest BCUT2D eigenvalue weighted by molar-refractivity contribution is 5.72. The number of pyridine rings is 1. The van der Waals surface area contributed by atoms with Crippen molar-refractivity contribution in [2.75, 3.05) is 25.0 Å². The van der Waals surface area contributed by atoms with Crippen molar-refractivity contribution in [2.24, 2.45) is 0 Å². The van der Waals surface area contributed by atoms with Crippen LogP contribution in [0.2, 0.25) is 0 Å². The molecule has 5 rings (SSSR count). The highest BCUT2D eigenvalue weighted by Crippen LogP contribution is 2.38. The number of fused-ring (bicyclic) bond motifs is 1. The van der Waals surface area contributed by atoms with E-state index in [1.54, 1.807) is 0 Å². The van der Waals surface area contributed by atoms with Crippen LogP contribution in [-0.2, 0) is 30.6 Å². The van der Waals surface area contributed by atoms with Gasteiger partial charge < -0.3 is 10.0 Å². The summed E-state index contributed by atoms with van der Waals surface area (Å²) in [6.07, 6.45) is 16.3. The molecule has 0 bridgehead atoms. The molecule has 0 radical (unpaired) electrons. The summed E-state index contributed by atoms with van der Waals surface area (Å²) in [4.78, 5) is 18.9. The number of rotatable bonds is 7. The molecule has 42 heavy (non-hydrogen) atoms. The molecule has 0 unspecified atom stereocenters. The van der Waals surface area contributed by atoms with Crippen molar-refractivity contribution < 1.29 is 9.90 Å². The van der Waals surface area contributed by atoms with Crippen molar-refractivity contribution in [3.05, 3.63) is 81.9 Å². The third-order valence-electron chi connectivity index (χ3n) is 8.26. The summed E-state index contributed by atoms with van der Waals surface area (Å²) in [5.74, 6) is 1.22. The van der Waals surface area contributed by atoms with E-state index in [9.17, 15) is 0 Å². The van der Waals surface area contributed by atoms with Gasteiger partial charge in [-0.1, -0.05) is 70.2 Å². The molecule has 1 aliphatic carbocycles. The molecule has 226 valence electrons. The van der Waals surface area contributed by atoms with Crippen LogP contribution in [0.3, 0.4) is 0 Å². The minimum absolute atomic E-state index is 0.250. The van der Waals surface area contributed by atoms with Crippen LogP contribution in [0.25, 0.3) is 11.3 Å². The standard InChI is InChI=1S/C32H41N3.C2H6.C2H2.CH2O2/c1-5-24-14-11-15-25(6-2)31(24)29-21-23(3)28(32(33-29)35-19-9-10-20-35)22-34(4)30-18-12-16-26-13-7-8-17-27(26)30;2*1-2;2-1-3/h7-8,11,13-15,17,21,30H,5-6,9-10,12,16,18-20,22H2,1-4H3;1-2H3;1-2H;1H,(H,2,3)/t30-;;;/m0.../s1. The van der Waals surface area contributed by atoms with Gasteiger partial charge in [0.25, 0.3) is 6.47 Å². The number of hydrogen-bond acceptors (Lipinski definition) is 4. The first kappa shape index (κ1) is 34.6. The maximum Gasteiger partial charge on any atom is 0.290 e. The molecule has 1 N–H and O–H groups in total. The molecule has 2 aromatic carbocycles. The third-order valence-corrected chi connectivity index (χ3v) is 8.26. The van der Waals surface area contributed by atoms with E-state index in [0.717, 1.165) is 38.2 Å². The Balaban J connectivity index is 0.000000813. The molecular weight excluding hydrogens is 518 g/mol. The minimum atomic E-state index is -0.250. The van der Waals surface area contributed by atoms with Crippen LogP contribution < -0.4 is 4.90 Å². The van der Waals surface area contributed by atoms with Gasteiger partial charge in [-0.25, -0.2) is 4.98 Å². The van der Waals surface area contributed by atoms with Gasteiger partial charge in [0, 0.05) is 36.8 Å². The molecule has 1 aromatic heterocycles. The monoisotopic (exact) mass is 569 g/mol. The lowest BCUT2D eigenvalue weighted by atomic mass is 9.86. The predicted octanol–water partition coefficient (Wildman–Crippen LogP) is 8.27. The molecule has 0 saturated carbocycles. The van der Waals surface area contributed by atoms with E-state index in [2.05, 4.69) is 99.0 Å². The third kappa shape index (κ3) is 8.23. The van der Waals surface area contributed by atoms with Crippen molar-refractivity contribution in [3.8, 4) is 24.1 Å². The molecule has 5 heteroatoms. The van der Waals surface area contributed by atoms with Crippen LogP contribution in [0.5, 0.6) is 0 Å². The van der Waals surface area contributed by atoms with Gasteiger partial charge in [-0.15, -0.1) is 12.8 Å². The molecule has 5 nitrogen and oxygen atoms in total. The number of aromatic nitrogens is 1. The molecule has 1 aliphatic heterocycles. The number of terminal acetylenes is 1. The highest BCUT2D eigenvalue weighted by Gasteiger charge is 2.27. The Labute approximate surface area is 255 Å². The van der Waals surface area contributed by atoms with E-state index in [0.29, 0.717) is 6.04 Å². The first-order valence-corrected chi connectivity index (χ1v) is 15.6. The zero-order valence-corrected chi connectivity index (χ0v) is 26.7. The van der Waals surface area contributed by atoms with Gasteiger partial charge in [-0.2, -0.15) is 0 Å². The average molecular weight is 570 g/mol. The van der Waals surface area contributed by atoms with Crippen LogP contribution in [0.1, 0.15) is 92.8 Å². The Morgan fingerprint density at radius 1 is 1.00 bits per heavy atom. The van der Waals surface area contributed by atoms with Gasteiger partial charge in [-0.05, 0) is 92.8 Å². The summed E-state index contributed by atoms with van der Waals surface area (Å²) in [5, 5.41) is 6.89. The molecule has 1 fully saturated rings. The molecule has 2 heterocycles. The van der Waals surface area contributed by atoms with Crippen LogP contribution in [0, 0.1) is 19.8 Å². The number of benzene rings is 2. The number of carboxylic acid groups (broad SMARTS) is 1. The smallest absolute Gasteiger partial charge is 0.290 e. The minimum Gasteiger partial charge on any atom is -0.483 e. The largest absolute Gasteiger partial charge is 0.483 e. The fourth-order valence-electron chi connectivity index (χ4n) is 6.31. The van der Waals surface area contributed by atoms with Gasteiger partial charge in [0.2, 0.25) is 0 Å². The van der Waals surface area contributed by atoms with Crippen molar-refractivity contribution in [1.82, 2.24) is 9.88 Å². The van der Waals surface area contributed by atoms with E-state index in [4.69, 9.17) is 14.9 Å². The molecule has 2 aliphatic rings. The molecule has 1 atom stereocenters. The Hall–Kier alpha value is -3.62. The van der Waals surface area contributed by atoms with Crippen LogP contribution >= 0.6 is 0 Å². The van der Waals surface area contributed by atoms with Crippen molar-refractivity contribution in [1.29, 1.82) is 0 Å². The molecule has 1 saturated heterocycles. The van der Waals surface area contributed by atoms with E-state index >= 15 is 0 Å². The molecule has 0 amide bonds. The summed E-state index contributed by atoms with van der Waals surface area (Å²) in [6.45, 7) is 13.8. The Kier molecular flexibility index (Phi) is 14.8. The quantitative estimate of drug-likeness (QED) is 0.229. The Morgan fingerprint density at radius 3 is 2.19 bits per heavy atom. The van der Waals surface area contributed by atoms with E-state index in [-0.39, 0.29) is 6.47 Å². The average Bonchev–Trinajstić information content (AvgIpc) is 3.58. The zero-order valence-electron chi connectivity index (χ0n) is 26.7. The van der Waals surface area contributed by atoms with Crippen LogP contribution in [0.15, 0.2) is 48.5 Å². The maximum atomic E-state index is 8.36. The maximum absolute atomic E-state index is 8.36. The summed E-state index contributed by atoms with van der Waals surface area (Å²) in [6, 6.07) is 18.7. The van der Waals surface area contributed by atoms with E-state index < -0.39 is 0 Å². The zero-order chi connectivity index (χ0) is 31.1. The van der Waals surface area contributed by atoms with Crippen molar-refractivity contribution in [2.45, 2.75) is 92.2 Å². The van der Waals surface area contributed by atoms with Crippen molar-refractivity contribution in [3.63, 3.8) is 0 Å². The van der Waals surface area contributed by atoms with Crippen molar-refractivity contribution >= 4 is 12.3 Å². The lowest BCUT2D eigenvalue weighted by Gasteiger charge is -2.34. The number of carbonyl (C=O) groups is 1. The van der Waals surface area contributed by atoms with Gasteiger partial charge >= 0.3 is 0 Å². The van der Waals surface area contributed by atoms with Gasteiger partial charge in [0.05, 0.1) is 5.69 Å². The van der Waals surface area contributed by atoms with Gasteiger partial charge in [-0.3, -0.25) is 9.69 Å². The number of nitrogens with zero attached hydrogens (tertiary/aromatic N) is 3. The lowest BCUT2D eigenvalue weighted by molar-refractivity contribution is -0.122. The second-order valence-electron chi connectivity index (χ2n) is 10.6. The van der Waals surface area contributed by atoms with Crippen LogP contribution in [-0.4, -0.2) is 41.6 Å². The molecule has 3 aromatic rings. The predicted molar refractivity (Wildman–Crippen MR) is 178 cm³/mol. The number of aryl methyl sites for hydroxylation is 4. The normalized spacial score (nSPS) is 15.3. The Bertz CT molecular complexity index is 1250. The highest BCUT2D eigenvalue weighted by atomic mass is 16.3. The summed E-state index contributed by atoms with van der Waals surface area (Å²) < 4.78 is 0. The summed E-state index contributed by atoms with van der Waals surface area (Å²) in [5.41, 5.74) is 11.2. The summed E-state index contributed by atoms with van der Waals surface area (Å²) >= 11 is 0. The van der Waals surface area contributed by atoms with Gasteiger partial charge in [0.1, 0.15) is 5.82 Å². The molecular formula is C37H51N3O2. The lowest BCUT2D eigenvalue weighted by Crippen LogP contribution is -2.29. The van der Waals surface area contributed by atoms with Gasteiger partial charge in [0.15, 0.2) is 0 Å². The topological polar surface area (TPSA) is 56.7 Å². The van der Waals surface area contributed by atoms with Crippen LogP contribution in [0.4, 0.5) is 5.82 Å². The number of hydrogen-bond donors (Lipinski definition) is 1. The number of anilines is 1. The second-order valence-corrected chi connectivity index (χ2v) is 10.6. The fourth-order valence-corrected chi connectivity index (χ4v) is 6.31. The molecule has 0 spiro atoms. The second kappa shape index (κ2) is 18.0. The van der Waals surface area contributed by atoms with E-state index in [1.165, 1.54) is 76.9 Å². The Morgan fingerprint density at radius 2 is 1.60 bits per heavy atom.